The molecule has 4 aliphatic heterocycles. The van der Waals surface area contributed by atoms with Gasteiger partial charge in [-0.1, -0.05) is 30.7 Å². The molecular formula is C57H76ClN13O6. The van der Waals surface area contributed by atoms with Crippen LogP contribution in [0.5, 0.6) is 0 Å². The molecule has 8 heterocycles. The van der Waals surface area contributed by atoms with Crippen molar-refractivity contribution in [3.63, 3.8) is 0 Å². The number of hydrogen-bond donors (Lipinski definition) is 4. The summed E-state index contributed by atoms with van der Waals surface area (Å²) in [6.45, 7) is 22.3. The molecule has 0 aliphatic carbocycles. The Kier molecular flexibility index (Phi) is 19.2. The number of piperidine rings is 1. The van der Waals surface area contributed by atoms with Gasteiger partial charge in [0.15, 0.2) is 0 Å². The van der Waals surface area contributed by atoms with Crippen LogP contribution < -0.4 is 32.4 Å². The summed E-state index contributed by atoms with van der Waals surface area (Å²) in [7, 11) is 0. The molecule has 412 valence electrons. The fourth-order valence-corrected chi connectivity index (χ4v) is 9.61. The second kappa shape index (κ2) is 26.1. The van der Waals surface area contributed by atoms with Gasteiger partial charge in [0.2, 0.25) is 11.9 Å². The number of hydrogen-bond acceptors (Lipinski definition) is 15. The van der Waals surface area contributed by atoms with Crippen molar-refractivity contribution in [2.24, 2.45) is 11.8 Å². The number of aromatic nitrogens is 6. The van der Waals surface area contributed by atoms with Crippen molar-refractivity contribution in [1.82, 2.24) is 54.4 Å². The molecule has 20 heteroatoms. The standard InChI is InChI=1S/C28H37N7O3.C24H28ClN5O3.C5H11N/c1-28(2,3)38-27(37)34-18-21(19-34)9-12-35-24(36)8-7-22-16-30-26(32-25(22)35)31-23-6-4-5-20(15-23)17-33-13-10-29-11-14-33;1-24(2,3)33-23(32)29-14-17(15-29)9-10-30-20(31)8-7-18-13-26-22(28-21(18)30)27-19-6-4-5-16(11-19)12-25;1-2-4-6-5-3-1/h4-8,15-16,21,29H,9-14,17-19H2,1-3H3,(H,30,31,32);4-8,11,13,17H,9-10,12,14-15H2,1-3H3,(H,26,27,28);6H,1-5H2. The van der Waals surface area contributed by atoms with Crippen LogP contribution in [0.1, 0.15) is 84.8 Å². The first kappa shape index (κ1) is 56.5. The number of benzene rings is 2. The maximum Gasteiger partial charge on any atom is 0.410 e. The summed E-state index contributed by atoms with van der Waals surface area (Å²) >= 11 is 5.92. The molecule has 4 aromatic heterocycles. The van der Waals surface area contributed by atoms with E-state index in [9.17, 15) is 19.2 Å². The van der Waals surface area contributed by atoms with Crippen LogP contribution in [-0.4, -0.2) is 133 Å². The highest BCUT2D eigenvalue weighted by atomic mass is 35.5. The van der Waals surface area contributed by atoms with Gasteiger partial charge < -0.3 is 40.5 Å². The van der Waals surface area contributed by atoms with Gasteiger partial charge in [-0.3, -0.25) is 23.6 Å². The van der Waals surface area contributed by atoms with E-state index < -0.39 is 11.2 Å². The van der Waals surface area contributed by atoms with Gasteiger partial charge in [-0.2, -0.15) is 9.97 Å². The van der Waals surface area contributed by atoms with E-state index >= 15 is 0 Å². The molecule has 4 aliphatic rings. The van der Waals surface area contributed by atoms with Crippen LogP contribution in [0.25, 0.3) is 22.1 Å². The Morgan fingerprint density at radius 2 is 1.08 bits per heavy atom. The Hall–Kier alpha value is -6.67. The van der Waals surface area contributed by atoms with E-state index in [2.05, 4.69) is 53.3 Å². The van der Waals surface area contributed by atoms with Gasteiger partial charge in [0.25, 0.3) is 11.1 Å². The molecule has 4 N–H and O–H groups in total. The lowest BCUT2D eigenvalue weighted by Gasteiger charge is -2.39. The summed E-state index contributed by atoms with van der Waals surface area (Å²) in [6.07, 6.45) is 8.65. The second-order valence-corrected chi connectivity index (χ2v) is 22.6. The number of nitrogens with one attached hydrogen (secondary N) is 4. The molecular weight excluding hydrogens is 998 g/mol. The normalized spacial score (nSPS) is 16.3. The monoisotopic (exact) mass is 1070 g/mol. The number of fused-ring (bicyclic) bond motifs is 2. The van der Waals surface area contributed by atoms with Gasteiger partial charge in [-0.15, -0.1) is 11.6 Å². The zero-order chi connectivity index (χ0) is 54.5. The zero-order valence-electron chi connectivity index (χ0n) is 45.5. The number of anilines is 4. The Morgan fingerprint density at radius 3 is 1.51 bits per heavy atom. The number of amides is 2. The summed E-state index contributed by atoms with van der Waals surface area (Å²) in [5.41, 5.74) is 3.93. The van der Waals surface area contributed by atoms with Crippen LogP contribution in [-0.2, 0) is 35.0 Å². The highest BCUT2D eigenvalue weighted by Gasteiger charge is 2.35. The molecule has 0 atom stereocenters. The predicted octanol–water partition coefficient (Wildman–Crippen LogP) is 8.49. The van der Waals surface area contributed by atoms with Crippen molar-refractivity contribution >= 4 is 69.1 Å². The average molecular weight is 1070 g/mol. The van der Waals surface area contributed by atoms with Crippen LogP contribution in [0, 0.1) is 11.8 Å². The molecule has 4 fully saturated rings. The van der Waals surface area contributed by atoms with E-state index in [0.29, 0.717) is 80.2 Å². The molecule has 77 heavy (non-hydrogen) atoms. The van der Waals surface area contributed by atoms with Crippen molar-refractivity contribution in [2.45, 2.75) is 110 Å². The fourth-order valence-electron chi connectivity index (χ4n) is 9.44. The Balaban J connectivity index is 0.000000185. The van der Waals surface area contributed by atoms with Crippen LogP contribution in [0.4, 0.5) is 32.9 Å². The Morgan fingerprint density at radius 1 is 0.623 bits per heavy atom. The Labute approximate surface area is 456 Å². The molecule has 0 unspecified atom stereocenters. The highest BCUT2D eigenvalue weighted by Crippen LogP contribution is 2.26. The van der Waals surface area contributed by atoms with Crippen molar-refractivity contribution in [1.29, 1.82) is 0 Å². The van der Waals surface area contributed by atoms with E-state index in [4.69, 9.17) is 26.1 Å². The number of likely N-dealkylation sites (tertiary alicyclic amines) is 2. The number of carbonyl (C=O) groups is 2. The molecule has 2 aromatic carbocycles. The lowest BCUT2D eigenvalue weighted by atomic mass is 9.97. The van der Waals surface area contributed by atoms with Crippen LogP contribution in [0.2, 0.25) is 0 Å². The number of carbonyl (C=O) groups excluding carboxylic acids is 2. The summed E-state index contributed by atoms with van der Waals surface area (Å²) < 4.78 is 14.2. The fraction of sp³-hybridized carbons (Fsp3) is 0.509. The molecule has 19 nitrogen and oxygen atoms in total. The van der Waals surface area contributed by atoms with Gasteiger partial charge in [-0.25, -0.2) is 19.6 Å². The second-order valence-electron chi connectivity index (χ2n) is 22.3. The molecule has 4 saturated heterocycles. The zero-order valence-corrected chi connectivity index (χ0v) is 46.3. The van der Waals surface area contributed by atoms with E-state index in [0.717, 1.165) is 73.3 Å². The van der Waals surface area contributed by atoms with Crippen molar-refractivity contribution in [3.05, 3.63) is 117 Å². The summed E-state index contributed by atoms with van der Waals surface area (Å²) in [5.74, 6) is 1.92. The van der Waals surface area contributed by atoms with E-state index in [1.54, 1.807) is 49.5 Å². The third kappa shape index (κ3) is 16.7. The van der Waals surface area contributed by atoms with Crippen LogP contribution in [0.15, 0.2) is 94.8 Å². The molecule has 0 saturated carbocycles. The first-order chi connectivity index (χ1) is 36.9. The van der Waals surface area contributed by atoms with Gasteiger partial charge in [0, 0.05) is 125 Å². The Bertz CT molecular complexity index is 3050. The maximum atomic E-state index is 12.8. The number of pyridine rings is 2. The molecule has 10 rings (SSSR count). The van der Waals surface area contributed by atoms with E-state index in [1.807, 2.05) is 77.9 Å². The molecule has 2 amide bonds. The molecule has 6 aromatic rings. The average Bonchev–Trinajstić information content (AvgIpc) is 3.37. The maximum absolute atomic E-state index is 12.8. The summed E-state index contributed by atoms with van der Waals surface area (Å²) in [4.78, 5) is 73.8. The molecule has 0 spiro atoms. The molecule has 0 bridgehead atoms. The quantitative estimate of drug-likeness (QED) is 0.0801. The van der Waals surface area contributed by atoms with Crippen molar-refractivity contribution in [3.8, 4) is 0 Å². The third-order valence-corrected chi connectivity index (χ3v) is 13.8. The number of halogens is 1. The number of alkyl halides is 1. The SMILES string of the molecule is C1CCNCC1.CC(C)(C)OC(=O)N1CC(CCn2c(=O)ccc3cnc(Nc4cccc(CCl)c4)nc32)C1.CC(C)(C)OC(=O)N1CC(CCn2c(=O)ccc3cnc(Nc4cccc(CN5CCNCC5)c4)nc32)C1. The minimum Gasteiger partial charge on any atom is -0.444 e. The number of nitrogens with zero attached hydrogens (tertiary/aromatic N) is 9. The van der Waals surface area contributed by atoms with Gasteiger partial charge in [0.1, 0.15) is 22.5 Å². The van der Waals surface area contributed by atoms with Gasteiger partial charge in [-0.05, 0) is 140 Å². The first-order valence-electron chi connectivity index (χ1n) is 27.1. The first-order valence-corrected chi connectivity index (χ1v) is 27.6. The number of piperazine rings is 1. The minimum absolute atomic E-state index is 0.0940. The van der Waals surface area contributed by atoms with Gasteiger partial charge >= 0.3 is 12.2 Å². The summed E-state index contributed by atoms with van der Waals surface area (Å²) in [6, 6.07) is 22.6. The third-order valence-electron chi connectivity index (χ3n) is 13.5. The van der Waals surface area contributed by atoms with Crippen molar-refractivity contribution in [2.75, 3.05) is 76.1 Å². The summed E-state index contributed by atoms with van der Waals surface area (Å²) in [5, 5.41) is 14.8. The highest BCUT2D eigenvalue weighted by molar-refractivity contribution is 6.17. The lowest BCUT2D eigenvalue weighted by molar-refractivity contribution is -0.00344. The van der Waals surface area contributed by atoms with Gasteiger partial charge in [0.05, 0.1) is 0 Å². The lowest BCUT2D eigenvalue weighted by Crippen LogP contribution is -2.51. The number of rotatable bonds is 13. The van der Waals surface area contributed by atoms with Crippen molar-refractivity contribution < 1.29 is 19.1 Å². The topological polar surface area (TPSA) is 206 Å². The minimum atomic E-state index is -0.505. The van der Waals surface area contributed by atoms with Crippen LogP contribution >= 0.6 is 11.6 Å². The number of ether oxygens (including phenoxy) is 2. The molecule has 0 radical (unpaired) electrons. The predicted molar refractivity (Wildman–Crippen MR) is 303 cm³/mol. The van der Waals surface area contributed by atoms with E-state index in [-0.39, 0.29) is 23.3 Å². The van der Waals surface area contributed by atoms with E-state index in [1.165, 1.54) is 44.0 Å². The van der Waals surface area contributed by atoms with Crippen LogP contribution in [0.3, 0.4) is 0 Å². The number of aryl methyl sites for hydroxylation is 2. The largest absolute Gasteiger partial charge is 0.444 e. The smallest absolute Gasteiger partial charge is 0.410 e.